The van der Waals surface area contributed by atoms with Crippen molar-refractivity contribution in [2.45, 2.75) is 70.2 Å². The number of carbonyl (C=O) groups excluding carboxylic acids is 1. The number of carboxylic acids is 1. The third-order valence-corrected chi connectivity index (χ3v) is 6.01. The van der Waals surface area contributed by atoms with Crippen molar-refractivity contribution in [2.24, 2.45) is 5.41 Å². The summed E-state index contributed by atoms with van der Waals surface area (Å²) in [5.41, 5.74) is -1.89. The van der Waals surface area contributed by atoms with Crippen molar-refractivity contribution in [1.29, 1.82) is 0 Å². The van der Waals surface area contributed by atoms with E-state index in [1.54, 1.807) is 39.5 Å². The van der Waals surface area contributed by atoms with E-state index in [0.29, 0.717) is 5.25 Å². The normalized spacial score (nSPS) is 23.5. The zero-order valence-electron chi connectivity index (χ0n) is 13.7. The Balaban J connectivity index is 2.66. The Kier molecular flexibility index (Phi) is 5.96. The lowest BCUT2D eigenvalue weighted by Gasteiger charge is -2.39. The fraction of sp³-hybridized carbons (Fsp3) is 0.867. The number of aliphatic carboxylic acids is 1. The largest absolute Gasteiger partial charge is 0.481 e. The monoisotopic (exact) mass is 316 g/mol. The van der Waals surface area contributed by atoms with Gasteiger partial charge >= 0.3 is 12.0 Å². The van der Waals surface area contributed by atoms with Crippen LogP contribution in [0.1, 0.15) is 53.4 Å². The minimum atomic E-state index is -1.05. The first kappa shape index (κ1) is 18.1. The quantitative estimate of drug-likeness (QED) is 0.729. The van der Waals surface area contributed by atoms with Crippen molar-refractivity contribution in [1.82, 2.24) is 10.6 Å². The molecule has 0 spiro atoms. The summed E-state index contributed by atoms with van der Waals surface area (Å²) in [7, 11) is 0. The van der Waals surface area contributed by atoms with Gasteiger partial charge in [-0.15, -0.1) is 0 Å². The van der Waals surface area contributed by atoms with Crippen LogP contribution >= 0.6 is 11.8 Å². The zero-order valence-corrected chi connectivity index (χ0v) is 14.5. The third-order valence-electron chi connectivity index (χ3n) is 4.84. The molecule has 0 aromatic rings. The van der Waals surface area contributed by atoms with Crippen molar-refractivity contribution in [3.05, 3.63) is 0 Å². The summed E-state index contributed by atoms with van der Waals surface area (Å²) < 4.78 is 0. The molecule has 0 radical (unpaired) electrons. The maximum Gasteiger partial charge on any atom is 0.315 e. The summed E-state index contributed by atoms with van der Waals surface area (Å²) in [6.45, 7) is 6.74. The van der Waals surface area contributed by atoms with Gasteiger partial charge in [0.25, 0.3) is 0 Å². The average molecular weight is 316 g/mol. The van der Waals surface area contributed by atoms with Crippen LogP contribution in [0.25, 0.3) is 0 Å². The number of carbonyl (C=O) groups is 2. The van der Waals surface area contributed by atoms with Crippen LogP contribution in [0.15, 0.2) is 0 Å². The highest BCUT2D eigenvalue weighted by Gasteiger charge is 2.44. The summed E-state index contributed by atoms with van der Waals surface area (Å²) in [6.07, 6.45) is 6.52. The van der Waals surface area contributed by atoms with Crippen LogP contribution in [0.3, 0.4) is 0 Å². The SMILES string of the molecule is CSC1CCCCC1NC(=O)NC(C)(C)C(C)(C)C(=O)O. The summed E-state index contributed by atoms with van der Waals surface area (Å²) in [5, 5.41) is 15.6. The van der Waals surface area contributed by atoms with Gasteiger partial charge in [-0.3, -0.25) is 4.79 Å². The van der Waals surface area contributed by atoms with E-state index in [2.05, 4.69) is 16.9 Å². The molecular formula is C15H28N2O3S. The number of nitrogens with one attached hydrogen (secondary N) is 2. The molecule has 6 heteroatoms. The molecule has 2 amide bonds. The highest BCUT2D eigenvalue weighted by atomic mass is 32.2. The van der Waals surface area contributed by atoms with Gasteiger partial charge in [0.1, 0.15) is 0 Å². The molecule has 5 nitrogen and oxygen atoms in total. The van der Waals surface area contributed by atoms with Crippen LogP contribution < -0.4 is 10.6 Å². The molecule has 0 aliphatic heterocycles. The molecule has 122 valence electrons. The molecule has 2 atom stereocenters. The Morgan fingerprint density at radius 2 is 1.71 bits per heavy atom. The Morgan fingerprint density at radius 1 is 1.14 bits per heavy atom. The lowest BCUT2D eigenvalue weighted by molar-refractivity contribution is -0.150. The minimum absolute atomic E-state index is 0.164. The highest BCUT2D eigenvalue weighted by Crippen LogP contribution is 2.31. The van der Waals surface area contributed by atoms with Crippen molar-refractivity contribution in [3.63, 3.8) is 0 Å². The van der Waals surface area contributed by atoms with Crippen LogP contribution in [0.5, 0.6) is 0 Å². The predicted molar refractivity (Wildman–Crippen MR) is 86.7 cm³/mol. The molecule has 0 heterocycles. The molecule has 0 aromatic heterocycles. The molecule has 0 saturated heterocycles. The number of hydrogen-bond acceptors (Lipinski definition) is 3. The smallest absolute Gasteiger partial charge is 0.315 e. The first-order valence-corrected chi connectivity index (χ1v) is 8.75. The number of thioether (sulfide) groups is 1. The lowest BCUT2D eigenvalue weighted by atomic mass is 9.74. The highest BCUT2D eigenvalue weighted by molar-refractivity contribution is 7.99. The van der Waals surface area contributed by atoms with Crippen LogP contribution in [0, 0.1) is 5.41 Å². The number of carboxylic acid groups (broad SMARTS) is 1. The van der Waals surface area contributed by atoms with Crippen LogP contribution in [-0.4, -0.2) is 40.2 Å². The van der Waals surface area contributed by atoms with E-state index in [1.807, 2.05) is 0 Å². The number of hydrogen-bond donors (Lipinski definition) is 3. The first-order chi connectivity index (χ1) is 9.61. The van der Waals surface area contributed by atoms with Crippen LogP contribution in [-0.2, 0) is 4.79 Å². The Labute approximate surface area is 131 Å². The maximum atomic E-state index is 12.2. The Hall–Kier alpha value is -0.910. The van der Waals surface area contributed by atoms with Gasteiger partial charge in [0.05, 0.1) is 11.0 Å². The second-order valence-corrected chi connectivity index (χ2v) is 7.90. The topological polar surface area (TPSA) is 78.4 Å². The molecule has 1 fully saturated rings. The zero-order chi connectivity index (χ0) is 16.3. The number of amides is 2. The van der Waals surface area contributed by atoms with Crippen molar-refractivity contribution < 1.29 is 14.7 Å². The second kappa shape index (κ2) is 6.90. The molecule has 1 saturated carbocycles. The van der Waals surface area contributed by atoms with Gasteiger partial charge in [0, 0.05) is 11.3 Å². The molecule has 1 aliphatic rings. The summed E-state index contributed by atoms with van der Waals surface area (Å²) >= 11 is 1.79. The van der Waals surface area contributed by atoms with Crippen molar-refractivity contribution in [2.75, 3.05) is 6.26 Å². The summed E-state index contributed by atoms with van der Waals surface area (Å²) in [6, 6.07) is -0.113. The molecular weight excluding hydrogens is 288 g/mol. The van der Waals surface area contributed by atoms with Gasteiger partial charge in [-0.25, -0.2) is 4.79 Å². The Bertz CT molecular complexity index is 396. The first-order valence-electron chi connectivity index (χ1n) is 7.46. The molecule has 1 rings (SSSR count). The van der Waals surface area contributed by atoms with Crippen molar-refractivity contribution >= 4 is 23.8 Å². The fourth-order valence-corrected chi connectivity index (χ4v) is 3.39. The average Bonchev–Trinajstić information content (AvgIpc) is 2.38. The minimum Gasteiger partial charge on any atom is -0.481 e. The fourth-order valence-electron chi connectivity index (χ4n) is 2.46. The number of urea groups is 1. The van der Waals surface area contributed by atoms with E-state index in [1.165, 1.54) is 6.42 Å². The summed E-state index contributed by atoms with van der Waals surface area (Å²) in [5.74, 6) is -0.924. The lowest BCUT2D eigenvalue weighted by Crippen LogP contribution is -2.60. The van der Waals surface area contributed by atoms with E-state index in [0.717, 1.165) is 19.3 Å². The van der Waals surface area contributed by atoms with E-state index >= 15 is 0 Å². The van der Waals surface area contributed by atoms with Gasteiger partial charge in [0.15, 0.2) is 0 Å². The van der Waals surface area contributed by atoms with E-state index < -0.39 is 16.9 Å². The summed E-state index contributed by atoms with van der Waals surface area (Å²) in [4.78, 5) is 23.6. The van der Waals surface area contributed by atoms with Gasteiger partial charge in [-0.1, -0.05) is 12.8 Å². The van der Waals surface area contributed by atoms with Crippen LogP contribution in [0.4, 0.5) is 4.79 Å². The molecule has 0 bridgehead atoms. The van der Waals surface area contributed by atoms with E-state index in [9.17, 15) is 14.7 Å². The second-order valence-electron chi connectivity index (χ2n) is 6.82. The third kappa shape index (κ3) is 4.28. The predicted octanol–water partition coefficient (Wildman–Crippen LogP) is 2.85. The van der Waals surface area contributed by atoms with Gasteiger partial charge in [0.2, 0.25) is 0 Å². The maximum absolute atomic E-state index is 12.2. The van der Waals surface area contributed by atoms with E-state index in [4.69, 9.17) is 0 Å². The molecule has 1 aliphatic carbocycles. The van der Waals surface area contributed by atoms with E-state index in [-0.39, 0.29) is 12.1 Å². The molecule has 0 aromatic carbocycles. The molecule has 2 unspecified atom stereocenters. The molecule has 3 N–H and O–H groups in total. The standard InChI is InChI=1S/C15H28N2O3S/c1-14(2,12(18)19)15(3,4)17-13(20)16-10-8-6-7-9-11(10)21-5/h10-11H,6-9H2,1-5H3,(H,18,19)(H2,16,17,20). The van der Waals surface area contributed by atoms with Crippen LogP contribution in [0.2, 0.25) is 0 Å². The van der Waals surface area contributed by atoms with Gasteiger partial charge in [-0.05, 0) is 46.8 Å². The van der Waals surface area contributed by atoms with Crippen molar-refractivity contribution in [3.8, 4) is 0 Å². The number of rotatable bonds is 5. The van der Waals surface area contributed by atoms with Gasteiger partial charge in [-0.2, -0.15) is 11.8 Å². The van der Waals surface area contributed by atoms with Gasteiger partial charge < -0.3 is 15.7 Å². The Morgan fingerprint density at radius 3 is 2.24 bits per heavy atom. The molecule has 21 heavy (non-hydrogen) atoms.